The molecule has 0 spiro atoms. The number of rotatable bonds is 4. The molecule has 1 aromatic carbocycles. The standard InChI is InChI=1S/C18H18N4O/c1-3-6-17-20-16-8-5-4-7-15(16)18(23)22(17)21-13(2)14-9-11-19-12-10-14/h4-5,7-12H,3,6H2,1-2H3/b21-13-. The summed E-state index contributed by atoms with van der Waals surface area (Å²) in [5.74, 6) is 0.685. The first kappa shape index (κ1) is 15.1. The maximum absolute atomic E-state index is 12.8. The fraction of sp³-hybridized carbons (Fsp3) is 0.222. The van der Waals surface area contributed by atoms with Crippen LogP contribution in [0.15, 0.2) is 58.7 Å². The number of pyridine rings is 1. The lowest BCUT2D eigenvalue weighted by Crippen LogP contribution is -2.23. The average molecular weight is 306 g/mol. The van der Waals surface area contributed by atoms with E-state index in [1.54, 1.807) is 18.5 Å². The second kappa shape index (κ2) is 6.52. The smallest absolute Gasteiger partial charge is 0.267 e. The van der Waals surface area contributed by atoms with Crippen LogP contribution in [0.1, 0.15) is 31.7 Å². The number of aromatic nitrogens is 3. The molecule has 0 aliphatic carbocycles. The molecule has 116 valence electrons. The molecule has 0 amide bonds. The van der Waals surface area contributed by atoms with Crippen molar-refractivity contribution in [1.82, 2.24) is 14.6 Å². The lowest BCUT2D eigenvalue weighted by Gasteiger charge is -2.10. The Bertz CT molecular complexity index is 913. The molecule has 0 bridgehead atoms. The zero-order chi connectivity index (χ0) is 16.2. The molecule has 3 aromatic rings. The fourth-order valence-electron chi connectivity index (χ4n) is 2.46. The number of aryl methyl sites for hydroxylation is 1. The normalized spacial score (nSPS) is 11.8. The number of hydrogen-bond acceptors (Lipinski definition) is 4. The SMILES string of the molecule is CCCc1nc2ccccc2c(=O)n1/N=C(/C)c1ccncc1. The summed E-state index contributed by atoms with van der Waals surface area (Å²) in [5.41, 5.74) is 2.27. The van der Waals surface area contributed by atoms with E-state index in [-0.39, 0.29) is 5.56 Å². The van der Waals surface area contributed by atoms with E-state index in [4.69, 9.17) is 0 Å². The minimum absolute atomic E-state index is 0.132. The van der Waals surface area contributed by atoms with Crippen LogP contribution in [0.5, 0.6) is 0 Å². The molecule has 5 heteroatoms. The fourth-order valence-corrected chi connectivity index (χ4v) is 2.46. The summed E-state index contributed by atoms with van der Waals surface area (Å²) < 4.78 is 1.43. The predicted octanol–water partition coefficient (Wildman–Crippen LogP) is 3.02. The Morgan fingerprint density at radius 3 is 2.65 bits per heavy atom. The topological polar surface area (TPSA) is 60.1 Å². The largest absolute Gasteiger partial charge is 0.282 e. The maximum Gasteiger partial charge on any atom is 0.282 e. The summed E-state index contributed by atoms with van der Waals surface area (Å²) in [6.45, 7) is 3.94. The highest BCUT2D eigenvalue weighted by molar-refractivity contribution is 5.98. The minimum atomic E-state index is -0.132. The first-order valence-corrected chi connectivity index (χ1v) is 7.67. The number of hydrogen-bond donors (Lipinski definition) is 0. The summed E-state index contributed by atoms with van der Waals surface area (Å²) >= 11 is 0. The number of fused-ring (bicyclic) bond motifs is 1. The molecule has 3 rings (SSSR count). The summed E-state index contributed by atoms with van der Waals surface area (Å²) in [6, 6.07) is 11.1. The monoisotopic (exact) mass is 306 g/mol. The van der Waals surface area contributed by atoms with Crippen LogP contribution < -0.4 is 5.56 Å². The van der Waals surface area contributed by atoms with Crippen molar-refractivity contribution in [2.24, 2.45) is 5.10 Å². The molecule has 0 saturated heterocycles. The molecule has 0 aliphatic heterocycles. The van der Waals surface area contributed by atoms with Crippen LogP contribution in [0.2, 0.25) is 0 Å². The van der Waals surface area contributed by atoms with Gasteiger partial charge in [-0.1, -0.05) is 19.1 Å². The van der Waals surface area contributed by atoms with Gasteiger partial charge in [-0.05, 0) is 37.6 Å². The van der Waals surface area contributed by atoms with Gasteiger partial charge in [-0.3, -0.25) is 9.78 Å². The van der Waals surface area contributed by atoms with Gasteiger partial charge < -0.3 is 0 Å². The maximum atomic E-state index is 12.8. The van der Waals surface area contributed by atoms with Crippen LogP contribution in [0.4, 0.5) is 0 Å². The summed E-state index contributed by atoms with van der Waals surface area (Å²) in [4.78, 5) is 21.4. The van der Waals surface area contributed by atoms with Crippen molar-refractivity contribution >= 4 is 16.6 Å². The van der Waals surface area contributed by atoms with Crippen LogP contribution in [-0.4, -0.2) is 20.4 Å². The van der Waals surface area contributed by atoms with Crippen molar-refractivity contribution in [1.29, 1.82) is 0 Å². The van der Waals surface area contributed by atoms with Gasteiger partial charge in [0.25, 0.3) is 5.56 Å². The first-order valence-electron chi connectivity index (χ1n) is 7.67. The molecule has 0 aliphatic rings. The van der Waals surface area contributed by atoms with E-state index in [0.717, 1.165) is 17.7 Å². The van der Waals surface area contributed by atoms with Gasteiger partial charge in [0.15, 0.2) is 0 Å². The second-order valence-corrected chi connectivity index (χ2v) is 5.33. The van der Waals surface area contributed by atoms with E-state index in [1.165, 1.54) is 4.68 Å². The van der Waals surface area contributed by atoms with Crippen LogP contribution in [-0.2, 0) is 6.42 Å². The van der Waals surface area contributed by atoms with Gasteiger partial charge in [0.05, 0.1) is 16.6 Å². The molecule has 0 fully saturated rings. The number of para-hydroxylation sites is 1. The Labute approximate surface area is 134 Å². The Kier molecular flexibility index (Phi) is 4.28. The highest BCUT2D eigenvalue weighted by Gasteiger charge is 2.10. The molecule has 0 radical (unpaired) electrons. The summed E-state index contributed by atoms with van der Waals surface area (Å²) in [6.07, 6.45) is 5.02. The molecule has 0 atom stereocenters. The first-order chi connectivity index (χ1) is 11.2. The van der Waals surface area contributed by atoms with Crippen molar-refractivity contribution in [2.75, 3.05) is 0 Å². The van der Waals surface area contributed by atoms with Crippen molar-refractivity contribution < 1.29 is 0 Å². The van der Waals surface area contributed by atoms with Gasteiger partial charge in [0, 0.05) is 24.4 Å². The van der Waals surface area contributed by atoms with E-state index >= 15 is 0 Å². The van der Waals surface area contributed by atoms with Gasteiger partial charge in [-0.25, -0.2) is 4.98 Å². The molecular weight excluding hydrogens is 288 g/mol. The second-order valence-electron chi connectivity index (χ2n) is 5.33. The van der Waals surface area contributed by atoms with Crippen LogP contribution in [0.25, 0.3) is 10.9 Å². The van der Waals surface area contributed by atoms with Gasteiger partial charge in [0.2, 0.25) is 0 Å². The predicted molar refractivity (Wildman–Crippen MR) is 91.8 cm³/mol. The third kappa shape index (κ3) is 3.04. The Morgan fingerprint density at radius 2 is 1.91 bits per heavy atom. The van der Waals surface area contributed by atoms with Crippen LogP contribution in [0, 0.1) is 0 Å². The van der Waals surface area contributed by atoms with Gasteiger partial charge in [-0.2, -0.15) is 9.78 Å². The summed E-state index contributed by atoms with van der Waals surface area (Å²) in [5, 5.41) is 5.11. The molecule has 23 heavy (non-hydrogen) atoms. The zero-order valence-electron chi connectivity index (χ0n) is 13.2. The Hall–Kier alpha value is -2.82. The molecule has 5 nitrogen and oxygen atoms in total. The van der Waals surface area contributed by atoms with Gasteiger partial charge in [-0.15, -0.1) is 0 Å². The highest BCUT2D eigenvalue weighted by atomic mass is 16.1. The van der Waals surface area contributed by atoms with Crippen LogP contribution in [0.3, 0.4) is 0 Å². The van der Waals surface area contributed by atoms with Crippen molar-refractivity contribution in [2.45, 2.75) is 26.7 Å². The number of benzene rings is 1. The van der Waals surface area contributed by atoms with Gasteiger partial charge >= 0.3 is 0 Å². The Balaban J connectivity index is 2.21. The van der Waals surface area contributed by atoms with E-state index < -0.39 is 0 Å². The molecule has 0 unspecified atom stereocenters. The zero-order valence-corrected chi connectivity index (χ0v) is 13.2. The molecule has 0 N–H and O–H groups in total. The lowest BCUT2D eigenvalue weighted by atomic mass is 10.2. The summed E-state index contributed by atoms with van der Waals surface area (Å²) in [7, 11) is 0. The Morgan fingerprint density at radius 1 is 1.17 bits per heavy atom. The highest BCUT2D eigenvalue weighted by Crippen LogP contribution is 2.10. The van der Waals surface area contributed by atoms with Crippen molar-refractivity contribution in [3.8, 4) is 0 Å². The van der Waals surface area contributed by atoms with E-state index in [2.05, 4.69) is 22.0 Å². The van der Waals surface area contributed by atoms with Crippen LogP contribution >= 0.6 is 0 Å². The van der Waals surface area contributed by atoms with Crippen molar-refractivity contribution in [3.05, 3.63) is 70.5 Å². The molecule has 2 heterocycles. The number of nitrogens with zero attached hydrogens (tertiary/aromatic N) is 4. The molecule has 0 saturated carbocycles. The van der Waals surface area contributed by atoms with Gasteiger partial charge in [0.1, 0.15) is 5.82 Å². The average Bonchev–Trinajstić information content (AvgIpc) is 2.59. The molecular formula is C18H18N4O. The minimum Gasteiger partial charge on any atom is -0.267 e. The van der Waals surface area contributed by atoms with Crippen molar-refractivity contribution in [3.63, 3.8) is 0 Å². The van der Waals surface area contributed by atoms with E-state index in [1.807, 2.05) is 37.3 Å². The van der Waals surface area contributed by atoms with E-state index in [9.17, 15) is 4.79 Å². The lowest BCUT2D eigenvalue weighted by molar-refractivity contribution is 0.701. The third-order valence-electron chi connectivity index (χ3n) is 3.64. The third-order valence-corrected chi connectivity index (χ3v) is 3.64. The van der Waals surface area contributed by atoms with E-state index in [0.29, 0.717) is 23.1 Å². The quantitative estimate of drug-likeness (QED) is 0.696. The molecule has 2 aromatic heterocycles.